The molecule has 1 unspecified atom stereocenters. The third kappa shape index (κ3) is 2.68. The zero-order chi connectivity index (χ0) is 10.1. The SMILES string of the molecule is CCC(N)[C@H](O)c1noc(C2CC2)n1.Cl. The van der Waals surface area contributed by atoms with E-state index >= 15 is 0 Å². The van der Waals surface area contributed by atoms with Gasteiger partial charge in [0.25, 0.3) is 0 Å². The predicted octanol–water partition coefficient (Wildman–Crippen LogP) is 1.14. The zero-order valence-corrected chi connectivity index (χ0v) is 9.41. The van der Waals surface area contributed by atoms with Crippen molar-refractivity contribution in [2.24, 2.45) is 5.73 Å². The predicted molar refractivity (Wildman–Crippen MR) is 56.7 cm³/mol. The largest absolute Gasteiger partial charge is 0.383 e. The maximum absolute atomic E-state index is 9.69. The molecule has 2 atom stereocenters. The molecule has 6 heteroatoms. The van der Waals surface area contributed by atoms with Crippen molar-refractivity contribution in [3.8, 4) is 0 Å². The molecule has 1 heterocycles. The van der Waals surface area contributed by atoms with Crippen LogP contribution in [0.25, 0.3) is 0 Å². The normalized spacial score (nSPS) is 19.4. The number of aromatic nitrogens is 2. The minimum atomic E-state index is -0.809. The van der Waals surface area contributed by atoms with Crippen LogP contribution in [0.3, 0.4) is 0 Å². The van der Waals surface area contributed by atoms with Crippen LogP contribution in [0.2, 0.25) is 0 Å². The fourth-order valence-corrected chi connectivity index (χ4v) is 1.28. The second-order valence-electron chi connectivity index (χ2n) is 3.78. The third-order valence-electron chi connectivity index (χ3n) is 2.53. The molecule has 1 aliphatic carbocycles. The van der Waals surface area contributed by atoms with Gasteiger partial charge in [-0.25, -0.2) is 0 Å². The maximum Gasteiger partial charge on any atom is 0.229 e. The van der Waals surface area contributed by atoms with Crippen LogP contribution in [0.15, 0.2) is 4.52 Å². The van der Waals surface area contributed by atoms with Gasteiger partial charge in [0.05, 0.1) is 0 Å². The van der Waals surface area contributed by atoms with Crippen LogP contribution in [0.1, 0.15) is 49.9 Å². The molecule has 0 bridgehead atoms. The molecule has 1 aromatic heterocycles. The molecular weight excluding hydrogens is 218 g/mol. The fourth-order valence-electron chi connectivity index (χ4n) is 1.28. The Labute approximate surface area is 94.5 Å². The molecule has 0 aromatic carbocycles. The van der Waals surface area contributed by atoms with Gasteiger partial charge in [-0.2, -0.15) is 4.98 Å². The summed E-state index contributed by atoms with van der Waals surface area (Å²) in [5.41, 5.74) is 5.68. The van der Waals surface area contributed by atoms with Crippen LogP contribution in [0.4, 0.5) is 0 Å². The van der Waals surface area contributed by atoms with Gasteiger partial charge < -0.3 is 15.4 Å². The topological polar surface area (TPSA) is 85.2 Å². The highest BCUT2D eigenvalue weighted by Crippen LogP contribution is 2.39. The van der Waals surface area contributed by atoms with Crippen LogP contribution < -0.4 is 5.73 Å². The minimum absolute atomic E-state index is 0. The van der Waals surface area contributed by atoms with Crippen LogP contribution >= 0.6 is 12.4 Å². The Kier molecular flexibility index (Phi) is 4.07. The molecule has 2 rings (SSSR count). The number of nitrogens with two attached hydrogens (primary N) is 1. The number of aliphatic hydroxyl groups is 1. The van der Waals surface area contributed by atoms with Gasteiger partial charge in [0.1, 0.15) is 6.10 Å². The van der Waals surface area contributed by atoms with Crippen molar-refractivity contribution in [2.75, 3.05) is 0 Å². The lowest BCUT2D eigenvalue weighted by molar-refractivity contribution is 0.132. The molecule has 0 saturated heterocycles. The van der Waals surface area contributed by atoms with E-state index in [2.05, 4.69) is 10.1 Å². The van der Waals surface area contributed by atoms with Crippen molar-refractivity contribution in [1.29, 1.82) is 0 Å². The van der Waals surface area contributed by atoms with E-state index in [1.165, 1.54) is 0 Å². The molecular formula is C9H16ClN3O2. The molecule has 15 heavy (non-hydrogen) atoms. The number of hydrogen-bond acceptors (Lipinski definition) is 5. The number of aliphatic hydroxyl groups excluding tert-OH is 1. The van der Waals surface area contributed by atoms with E-state index < -0.39 is 6.10 Å². The number of rotatable bonds is 4. The van der Waals surface area contributed by atoms with Gasteiger partial charge in [0.15, 0.2) is 0 Å². The summed E-state index contributed by atoms with van der Waals surface area (Å²) < 4.78 is 5.03. The fraction of sp³-hybridized carbons (Fsp3) is 0.778. The molecule has 0 spiro atoms. The van der Waals surface area contributed by atoms with E-state index in [0.717, 1.165) is 12.8 Å². The molecule has 1 aromatic rings. The summed E-state index contributed by atoms with van der Waals surface area (Å²) in [7, 11) is 0. The molecule has 0 aliphatic heterocycles. The van der Waals surface area contributed by atoms with E-state index in [0.29, 0.717) is 24.1 Å². The average Bonchev–Trinajstić information content (AvgIpc) is 2.94. The van der Waals surface area contributed by atoms with Gasteiger partial charge in [-0.05, 0) is 19.3 Å². The standard InChI is InChI=1S/C9H15N3O2.ClH/c1-2-6(10)7(13)8-11-9(14-12-8)5-3-4-5;/h5-7,13H,2-4,10H2,1H3;1H/t6?,7-;/m0./s1. The third-order valence-corrected chi connectivity index (χ3v) is 2.53. The Morgan fingerprint density at radius 1 is 1.60 bits per heavy atom. The Morgan fingerprint density at radius 3 is 2.80 bits per heavy atom. The van der Waals surface area contributed by atoms with Crippen molar-refractivity contribution in [1.82, 2.24) is 10.1 Å². The molecule has 1 aliphatic rings. The molecule has 0 amide bonds. The molecule has 1 saturated carbocycles. The summed E-state index contributed by atoms with van der Waals surface area (Å²) in [5.74, 6) is 1.38. The average molecular weight is 234 g/mol. The highest BCUT2D eigenvalue weighted by molar-refractivity contribution is 5.85. The van der Waals surface area contributed by atoms with Crippen molar-refractivity contribution >= 4 is 12.4 Å². The lowest BCUT2D eigenvalue weighted by Crippen LogP contribution is -2.28. The van der Waals surface area contributed by atoms with Crippen molar-refractivity contribution in [2.45, 2.75) is 44.2 Å². The molecule has 5 nitrogen and oxygen atoms in total. The van der Waals surface area contributed by atoms with Crippen LogP contribution in [-0.2, 0) is 0 Å². The summed E-state index contributed by atoms with van der Waals surface area (Å²) in [5, 5.41) is 13.4. The first kappa shape index (κ1) is 12.4. The lowest BCUT2D eigenvalue weighted by atomic mass is 10.1. The lowest BCUT2D eigenvalue weighted by Gasteiger charge is -2.12. The van der Waals surface area contributed by atoms with E-state index in [1.807, 2.05) is 6.92 Å². The number of hydrogen-bond donors (Lipinski definition) is 2. The van der Waals surface area contributed by atoms with Gasteiger partial charge >= 0.3 is 0 Å². The van der Waals surface area contributed by atoms with E-state index in [9.17, 15) is 5.11 Å². The van der Waals surface area contributed by atoms with Gasteiger partial charge in [0.2, 0.25) is 11.7 Å². The first-order chi connectivity index (χ1) is 6.72. The van der Waals surface area contributed by atoms with Crippen molar-refractivity contribution < 1.29 is 9.63 Å². The smallest absolute Gasteiger partial charge is 0.229 e. The maximum atomic E-state index is 9.69. The number of nitrogens with zero attached hydrogens (tertiary/aromatic N) is 2. The van der Waals surface area contributed by atoms with Gasteiger partial charge in [-0.15, -0.1) is 12.4 Å². The summed E-state index contributed by atoms with van der Waals surface area (Å²) in [6.45, 7) is 1.91. The Balaban J connectivity index is 0.00000112. The van der Waals surface area contributed by atoms with Crippen LogP contribution in [0.5, 0.6) is 0 Å². The quantitative estimate of drug-likeness (QED) is 0.815. The van der Waals surface area contributed by atoms with Crippen LogP contribution in [0, 0.1) is 0 Å². The molecule has 3 N–H and O–H groups in total. The van der Waals surface area contributed by atoms with E-state index in [1.54, 1.807) is 0 Å². The molecule has 86 valence electrons. The Bertz CT molecular complexity index is 314. The monoisotopic (exact) mass is 233 g/mol. The van der Waals surface area contributed by atoms with Crippen LogP contribution in [-0.4, -0.2) is 21.3 Å². The van der Waals surface area contributed by atoms with Crippen molar-refractivity contribution in [3.63, 3.8) is 0 Å². The molecule has 0 radical (unpaired) electrons. The second kappa shape index (κ2) is 4.92. The summed E-state index contributed by atoms with van der Waals surface area (Å²) >= 11 is 0. The van der Waals surface area contributed by atoms with E-state index in [4.69, 9.17) is 10.3 Å². The second-order valence-corrected chi connectivity index (χ2v) is 3.78. The van der Waals surface area contributed by atoms with Gasteiger partial charge in [-0.3, -0.25) is 0 Å². The Morgan fingerprint density at radius 2 is 2.27 bits per heavy atom. The van der Waals surface area contributed by atoms with Gasteiger partial charge in [-0.1, -0.05) is 12.1 Å². The zero-order valence-electron chi connectivity index (χ0n) is 8.59. The highest BCUT2D eigenvalue weighted by atomic mass is 35.5. The molecule has 1 fully saturated rings. The summed E-state index contributed by atoms with van der Waals surface area (Å²) in [6, 6.07) is -0.320. The first-order valence-corrected chi connectivity index (χ1v) is 4.99. The van der Waals surface area contributed by atoms with Gasteiger partial charge in [0, 0.05) is 12.0 Å². The van der Waals surface area contributed by atoms with E-state index in [-0.39, 0.29) is 18.4 Å². The first-order valence-electron chi connectivity index (χ1n) is 4.99. The number of halogens is 1. The summed E-state index contributed by atoms with van der Waals surface area (Å²) in [6.07, 6.45) is 2.10. The summed E-state index contributed by atoms with van der Waals surface area (Å²) in [4.78, 5) is 4.13. The highest BCUT2D eigenvalue weighted by Gasteiger charge is 2.31. The van der Waals surface area contributed by atoms with Crippen molar-refractivity contribution in [3.05, 3.63) is 11.7 Å². The minimum Gasteiger partial charge on any atom is -0.383 e. The Hall–Kier alpha value is -0.650.